The summed E-state index contributed by atoms with van der Waals surface area (Å²) in [5, 5.41) is 50.4. The third-order valence-electron chi connectivity index (χ3n) is 5.99. The Kier molecular flexibility index (Phi) is 7.09. The molecule has 0 amide bonds. The van der Waals surface area contributed by atoms with Gasteiger partial charge >= 0.3 is 11.6 Å². The van der Waals surface area contributed by atoms with Crippen molar-refractivity contribution < 1.29 is 49.0 Å². The lowest BCUT2D eigenvalue weighted by Gasteiger charge is -2.38. The second kappa shape index (κ2) is 10.1. The molecule has 0 aliphatic carbocycles. The Morgan fingerprint density at radius 2 is 1.72 bits per heavy atom. The number of ketones is 1. The molecule has 0 radical (unpaired) electrons. The van der Waals surface area contributed by atoms with Crippen molar-refractivity contribution in [2.75, 3.05) is 0 Å². The molecule has 190 valence electrons. The van der Waals surface area contributed by atoms with Crippen molar-refractivity contribution >= 4 is 22.7 Å². The van der Waals surface area contributed by atoms with Crippen molar-refractivity contribution in [1.29, 1.82) is 0 Å². The van der Waals surface area contributed by atoms with Crippen molar-refractivity contribution in [1.82, 2.24) is 0 Å². The van der Waals surface area contributed by atoms with Crippen LogP contribution in [0.25, 0.3) is 11.0 Å². The molecule has 11 heteroatoms. The van der Waals surface area contributed by atoms with Crippen LogP contribution in [0.4, 0.5) is 0 Å². The molecular weight excluding hydrogens is 476 g/mol. The van der Waals surface area contributed by atoms with Crippen LogP contribution >= 0.6 is 0 Å². The van der Waals surface area contributed by atoms with E-state index in [9.17, 15) is 39.9 Å². The van der Waals surface area contributed by atoms with Crippen LogP contribution in [0.5, 0.6) is 11.5 Å². The maximum atomic E-state index is 12.8. The van der Waals surface area contributed by atoms with Crippen LogP contribution in [0.15, 0.2) is 57.7 Å². The van der Waals surface area contributed by atoms with Gasteiger partial charge in [0, 0.05) is 12.3 Å². The molecule has 2 heterocycles. The molecule has 1 fully saturated rings. The summed E-state index contributed by atoms with van der Waals surface area (Å²) in [5.41, 5.74) is -0.323. The van der Waals surface area contributed by atoms with E-state index < -0.39 is 54.0 Å². The summed E-state index contributed by atoms with van der Waals surface area (Å²) in [6.45, 7) is 1.37. The molecule has 0 unspecified atom stereocenters. The minimum Gasteiger partial charge on any atom is -0.507 e. The monoisotopic (exact) mass is 500 g/mol. The van der Waals surface area contributed by atoms with Crippen molar-refractivity contribution in [3.8, 4) is 11.5 Å². The summed E-state index contributed by atoms with van der Waals surface area (Å²) in [5.74, 6) is -3.03. The van der Waals surface area contributed by atoms with E-state index in [-0.39, 0.29) is 34.5 Å². The summed E-state index contributed by atoms with van der Waals surface area (Å²) < 4.78 is 16.0. The number of fused-ring (bicyclic) bond motifs is 1. The van der Waals surface area contributed by atoms with E-state index in [2.05, 4.69) is 0 Å². The predicted molar refractivity (Wildman–Crippen MR) is 123 cm³/mol. The SMILES string of the molecule is CC(=O)C[C@@H](c1ccccc1)c1c(O)c2cc(O[C@@H]3O[C@H](C(=O)O)[C@@H](O)[C@H](O)[C@H]3O)ccc2oc1=O. The van der Waals surface area contributed by atoms with E-state index in [1.165, 1.54) is 25.1 Å². The van der Waals surface area contributed by atoms with Crippen LogP contribution in [0.3, 0.4) is 0 Å². The molecule has 0 saturated carbocycles. The summed E-state index contributed by atoms with van der Waals surface area (Å²) in [6, 6.07) is 12.6. The van der Waals surface area contributed by atoms with E-state index in [0.717, 1.165) is 0 Å². The smallest absolute Gasteiger partial charge is 0.343 e. The van der Waals surface area contributed by atoms with Gasteiger partial charge in [0.05, 0.1) is 10.9 Å². The molecule has 1 aliphatic heterocycles. The Labute approximate surface area is 203 Å². The average molecular weight is 500 g/mol. The van der Waals surface area contributed by atoms with E-state index in [1.54, 1.807) is 30.3 Å². The molecule has 4 rings (SSSR count). The van der Waals surface area contributed by atoms with Gasteiger partial charge < -0.3 is 39.4 Å². The Morgan fingerprint density at radius 3 is 2.36 bits per heavy atom. The molecular formula is C25H24O11. The van der Waals surface area contributed by atoms with Crippen LogP contribution < -0.4 is 10.4 Å². The van der Waals surface area contributed by atoms with Crippen LogP contribution in [0.1, 0.15) is 30.4 Å². The van der Waals surface area contributed by atoms with Crippen LogP contribution in [0.2, 0.25) is 0 Å². The fourth-order valence-electron chi connectivity index (χ4n) is 4.20. The first-order valence-electron chi connectivity index (χ1n) is 11.0. The molecule has 5 N–H and O–H groups in total. The highest BCUT2D eigenvalue weighted by Gasteiger charge is 2.48. The number of carbonyl (C=O) groups is 2. The molecule has 1 aliphatic rings. The quantitative estimate of drug-likeness (QED) is 0.290. The number of aliphatic hydroxyl groups excluding tert-OH is 3. The zero-order valence-electron chi connectivity index (χ0n) is 19.0. The zero-order valence-corrected chi connectivity index (χ0v) is 19.0. The Balaban J connectivity index is 1.74. The molecule has 0 bridgehead atoms. The summed E-state index contributed by atoms with van der Waals surface area (Å²) in [7, 11) is 0. The molecule has 11 nitrogen and oxygen atoms in total. The Morgan fingerprint density at radius 1 is 1.03 bits per heavy atom. The van der Waals surface area contributed by atoms with Crippen LogP contribution in [-0.4, -0.2) is 68.0 Å². The maximum absolute atomic E-state index is 12.8. The number of aliphatic hydroxyl groups is 3. The van der Waals surface area contributed by atoms with Crippen molar-refractivity contribution in [3.63, 3.8) is 0 Å². The van der Waals surface area contributed by atoms with Crippen molar-refractivity contribution in [2.45, 2.75) is 50.0 Å². The lowest BCUT2D eigenvalue weighted by molar-refractivity contribution is -0.271. The zero-order chi connectivity index (χ0) is 26.1. The third-order valence-corrected chi connectivity index (χ3v) is 5.99. The number of benzene rings is 2. The predicted octanol–water partition coefficient (Wildman–Crippen LogP) is 0.881. The maximum Gasteiger partial charge on any atom is 0.343 e. The molecule has 2 aromatic carbocycles. The fourth-order valence-corrected chi connectivity index (χ4v) is 4.20. The van der Waals surface area contributed by atoms with Gasteiger partial charge in [-0.25, -0.2) is 9.59 Å². The number of Topliss-reactive ketones (excluding diaryl/α,β-unsaturated/α-hetero) is 1. The Bertz CT molecular complexity index is 1330. The molecule has 3 aromatic rings. The number of carbonyl (C=O) groups excluding carboxylic acids is 1. The fraction of sp³-hybridized carbons (Fsp3) is 0.320. The lowest BCUT2D eigenvalue weighted by atomic mass is 9.87. The second-order valence-electron chi connectivity index (χ2n) is 8.53. The van der Waals surface area contributed by atoms with Crippen molar-refractivity contribution in [2.24, 2.45) is 0 Å². The van der Waals surface area contributed by atoms with Crippen LogP contribution in [-0.2, 0) is 14.3 Å². The number of aromatic hydroxyl groups is 1. The number of aliphatic carboxylic acids is 1. The highest BCUT2D eigenvalue weighted by atomic mass is 16.7. The molecule has 1 aromatic heterocycles. The molecule has 0 spiro atoms. The van der Waals surface area contributed by atoms with Gasteiger partial charge in [-0.15, -0.1) is 0 Å². The van der Waals surface area contributed by atoms with Crippen LogP contribution in [0, 0.1) is 0 Å². The molecule has 6 atom stereocenters. The van der Waals surface area contributed by atoms with Gasteiger partial charge in [0.25, 0.3) is 0 Å². The number of carboxylic acid groups (broad SMARTS) is 1. The lowest BCUT2D eigenvalue weighted by Crippen LogP contribution is -2.61. The normalized spacial score (nSPS) is 24.8. The standard InChI is InChI=1S/C25H24O11/c1-11(26)9-14(12-5-3-2-4-6-12)17-18(27)15-10-13(7-8-16(15)35-24(17)33)34-25-21(30)19(28)20(29)22(36-25)23(31)32/h2-8,10,14,19-22,25,27-30H,9H2,1H3,(H,31,32)/t14-,19-,20-,21+,22-,25+/m0/s1. The second-order valence-corrected chi connectivity index (χ2v) is 8.53. The van der Waals surface area contributed by atoms with Gasteiger partial charge in [0.15, 0.2) is 6.10 Å². The van der Waals surface area contributed by atoms with E-state index in [1.807, 2.05) is 0 Å². The van der Waals surface area contributed by atoms with Gasteiger partial charge in [0.2, 0.25) is 6.29 Å². The number of ether oxygens (including phenoxy) is 2. The molecule has 1 saturated heterocycles. The largest absolute Gasteiger partial charge is 0.507 e. The number of carboxylic acids is 1. The van der Waals surface area contributed by atoms with Gasteiger partial charge in [-0.2, -0.15) is 0 Å². The first-order valence-corrected chi connectivity index (χ1v) is 11.0. The topological polar surface area (TPSA) is 184 Å². The first kappa shape index (κ1) is 25.3. The Hall–Kier alpha value is -3.77. The van der Waals surface area contributed by atoms with Gasteiger partial charge in [-0.3, -0.25) is 4.79 Å². The number of hydrogen-bond acceptors (Lipinski definition) is 10. The highest BCUT2D eigenvalue weighted by Crippen LogP contribution is 2.38. The minimum atomic E-state index is -1.88. The van der Waals surface area contributed by atoms with Gasteiger partial charge in [-0.05, 0) is 30.7 Å². The van der Waals surface area contributed by atoms with Gasteiger partial charge in [0.1, 0.15) is 41.2 Å². The summed E-state index contributed by atoms with van der Waals surface area (Å²) >= 11 is 0. The highest BCUT2D eigenvalue weighted by molar-refractivity contribution is 5.86. The van der Waals surface area contributed by atoms with E-state index in [0.29, 0.717) is 5.56 Å². The van der Waals surface area contributed by atoms with Crippen molar-refractivity contribution in [3.05, 3.63) is 70.1 Å². The number of hydrogen-bond donors (Lipinski definition) is 5. The average Bonchev–Trinajstić information content (AvgIpc) is 2.84. The van der Waals surface area contributed by atoms with Gasteiger partial charge in [-0.1, -0.05) is 30.3 Å². The van der Waals surface area contributed by atoms with E-state index in [4.69, 9.17) is 13.9 Å². The summed E-state index contributed by atoms with van der Waals surface area (Å²) in [4.78, 5) is 36.1. The first-order chi connectivity index (χ1) is 17.1. The minimum absolute atomic E-state index is 0.00668. The number of rotatable bonds is 7. The summed E-state index contributed by atoms with van der Waals surface area (Å²) in [6.07, 6.45) is -9.13. The van der Waals surface area contributed by atoms with E-state index >= 15 is 0 Å². The molecule has 36 heavy (non-hydrogen) atoms. The third kappa shape index (κ3) is 4.82.